The second-order valence-electron chi connectivity index (χ2n) is 5.49. The van der Waals surface area contributed by atoms with Crippen molar-refractivity contribution in [1.29, 1.82) is 0 Å². The third-order valence-electron chi connectivity index (χ3n) is 3.56. The summed E-state index contributed by atoms with van der Waals surface area (Å²) in [7, 11) is 0. The predicted molar refractivity (Wildman–Crippen MR) is 91.5 cm³/mol. The van der Waals surface area contributed by atoms with Crippen LogP contribution in [-0.4, -0.2) is 6.04 Å². The Morgan fingerprint density at radius 1 is 1.05 bits per heavy atom. The molecule has 0 saturated carbocycles. The molecule has 0 bridgehead atoms. The van der Waals surface area contributed by atoms with Crippen molar-refractivity contribution in [1.82, 2.24) is 0 Å². The van der Waals surface area contributed by atoms with Gasteiger partial charge in [-0.15, -0.1) is 0 Å². The molecule has 0 aromatic heterocycles. The van der Waals surface area contributed by atoms with E-state index in [1.54, 1.807) is 0 Å². The zero-order valence-electron chi connectivity index (χ0n) is 12.4. The molecule has 0 radical (unpaired) electrons. The van der Waals surface area contributed by atoms with Gasteiger partial charge in [-0.05, 0) is 62.4 Å². The van der Waals surface area contributed by atoms with Crippen LogP contribution in [0.5, 0.6) is 0 Å². The van der Waals surface area contributed by atoms with E-state index in [1.165, 1.54) is 26.9 Å². The molecule has 20 heavy (non-hydrogen) atoms. The fourth-order valence-electron chi connectivity index (χ4n) is 2.41. The van der Waals surface area contributed by atoms with E-state index in [4.69, 9.17) is 0 Å². The van der Waals surface area contributed by atoms with Crippen molar-refractivity contribution in [2.75, 3.05) is 5.32 Å². The Morgan fingerprint density at radius 3 is 2.25 bits per heavy atom. The van der Waals surface area contributed by atoms with E-state index in [-0.39, 0.29) is 0 Å². The van der Waals surface area contributed by atoms with Gasteiger partial charge in [0.15, 0.2) is 0 Å². The normalized spacial score (nSPS) is 12.2. The predicted octanol–water partition coefficient (Wildman–Crippen LogP) is 5.50. The smallest absolute Gasteiger partial charge is 0.0348 e. The quantitative estimate of drug-likeness (QED) is 0.762. The van der Waals surface area contributed by atoms with Gasteiger partial charge in [0.1, 0.15) is 0 Å². The Kier molecular flexibility index (Phi) is 5.24. The molecule has 0 aliphatic rings. The van der Waals surface area contributed by atoms with Crippen LogP contribution in [0.25, 0.3) is 0 Å². The highest BCUT2D eigenvalue weighted by molar-refractivity contribution is 9.10. The molecular formula is C18H22BrN. The van der Waals surface area contributed by atoms with Crippen molar-refractivity contribution < 1.29 is 0 Å². The van der Waals surface area contributed by atoms with Gasteiger partial charge in [0.25, 0.3) is 0 Å². The van der Waals surface area contributed by atoms with Gasteiger partial charge in [-0.2, -0.15) is 0 Å². The van der Waals surface area contributed by atoms with Crippen molar-refractivity contribution in [2.45, 2.75) is 39.7 Å². The first kappa shape index (κ1) is 15.1. The first-order valence-corrected chi connectivity index (χ1v) is 7.93. The van der Waals surface area contributed by atoms with E-state index < -0.39 is 0 Å². The second kappa shape index (κ2) is 6.94. The summed E-state index contributed by atoms with van der Waals surface area (Å²) >= 11 is 3.61. The number of rotatable bonds is 5. The van der Waals surface area contributed by atoms with E-state index in [9.17, 15) is 0 Å². The van der Waals surface area contributed by atoms with Crippen molar-refractivity contribution in [3.8, 4) is 0 Å². The van der Waals surface area contributed by atoms with E-state index in [0.29, 0.717) is 6.04 Å². The summed E-state index contributed by atoms with van der Waals surface area (Å²) in [5.41, 5.74) is 5.18. The van der Waals surface area contributed by atoms with Crippen LogP contribution in [0.15, 0.2) is 46.9 Å². The van der Waals surface area contributed by atoms with Gasteiger partial charge in [-0.1, -0.05) is 46.3 Å². The van der Waals surface area contributed by atoms with Crippen LogP contribution in [0.1, 0.15) is 30.0 Å². The summed E-state index contributed by atoms with van der Waals surface area (Å²) < 4.78 is 1.21. The molecule has 0 amide bonds. The van der Waals surface area contributed by atoms with Crippen molar-refractivity contribution in [2.24, 2.45) is 0 Å². The van der Waals surface area contributed by atoms with Crippen molar-refractivity contribution >= 4 is 21.6 Å². The molecule has 2 aromatic rings. The summed E-state index contributed by atoms with van der Waals surface area (Å²) in [6.45, 7) is 6.52. The first-order valence-electron chi connectivity index (χ1n) is 7.13. The van der Waals surface area contributed by atoms with Crippen LogP contribution >= 0.6 is 15.9 Å². The molecule has 0 heterocycles. The fourth-order valence-corrected chi connectivity index (χ4v) is 2.64. The maximum Gasteiger partial charge on any atom is 0.0348 e. The lowest BCUT2D eigenvalue weighted by atomic mass is 10.1. The molecule has 0 fully saturated rings. The lowest BCUT2D eigenvalue weighted by Crippen LogP contribution is -2.16. The molecule has 106 valence electrons. The number of hydrogen-bond donors (Lipinski definition) is 1. The Labute approximate surface area is 130 Å². The number of halogens is 1. The highest BCUT2D eigenvalue weighted by Gasteiger charge is 2.06. The van der Waals surface area contributed by atoms with E-state index in [2.05, 4.69) is 84.5 Å². The summed E-state index contributed by atoms with van der Waals surface area (Å²) in [6, 6.07) is 15.5. The Balaban J connectivity index is 1.93. The minimum Gasteiger partial charge on any atom is -0.383 e. The van der Waals surface area contributed by atoms with Crippen molar-refractivity contribution in [3.63, 3.8) is 0 Å². The summed E-state index contributed by atoms with van der Waals surface area (Å²) in [5.74, 6) is 0. The minimum absolute atomic E-state index is 0.468. The van der Waals surface area contributed by atoms with Gasteiger partial charge in [0.2, 0.25) is 0 Å². The number of benzene rings is 2. The average Bonchev–Trinajstić information content (AvgIpc) is 2.43. The molecule has 1 N–H and O–H groups in total. The van der Waals surface area contributed by atoms with Gasteiger partial charge in [-0.25, -0.2) is 0 Å². The number of anilines is 1. The zero-order valence-corrected chi connectivity index (χ0v) is 14.0. The average molecular weight is 332 g/mol. The standard InChI is InChI=1S/C18H22BrN/c1-13-11-17(12-14(2)18(13)19)20-15(3)9-10-16-7-5-4-6-8-16/h4-8,11-12,15,20H,9-10H2,1-3H3. The molecule has 0 aliphatic carbocycles. The van der Waals surface area contributed by atoms with E-state index in [1.807, 2.05) is 0 Å². The maximum atomic E-state index is 3.61. The zero-order chi connectivity index (χ0) is 14.5. The van der Waals surface area contributed by atoms with Gasteiger partial charge >= 0.3 is 0 Å². The highest BCUT2D eigenvalue weighted by atomic mass is 79.9. The molecule has 2 heteroatoms. The summed E-state index contributed by atoms with van der Waals surface area (Å²) in [6.07, 6.45) is 2.25. The molecule has 0 spiro atoms. The van der Waals surface area contributed by atoms with Gasteiger partial charge in [0.05, 0.1) is 0 Å². The van der Waals surface area contributed by atoms with Crippen LogP contribution in [0.3, 0.4) is 0 Å². The van der Waals surface area contributed by atoms with E-state index in [0.717, 1.165) is 12.8 Å². The van der Waals surface area contributed by atoms with Crippen molar-refractivity contribution in [3.05, 3.63) is 63.6 Å². The summed E-state index contributed by atoms with van der Waals surface area (Å²) in [4.78, 5) is 0. The molecule has 1 atom stereocenters. The lowest BCUT2D eigenvalue weighted by molar-refractivity contribution is 0.706. The van der Waals surface area contributed by atoms with Crippen LogP contribution in [-0.2, 0) is 6.42 Å². The van der Waals surface area contributed by atoms with Gasteiger partial charge in [-0.3, -0.25) is 0 Å². The molecule has 2 rings (SSSR count). The summed E-state index contributed by atoms with van der Waals surface area (Å²) in [5, 5.41) is 3.60. The maximum absolute atomic E-state index is 3.61. The minimum atomic E-state index is 0.468. The number of hydrogen-bond acceptors (Lipinski definition) is 1. The third-order valence-corrected chi connectivity index (χ3v) is 4.81. The third kappa shape index (κ3) is 4.11. The topological polar surface area (TPSA) is 12.0 Å². The van der Waals surface area contributed by atoms with Crippen LogP contribution in [0.4, 0.5) is 5.69 Å². The lowest BCUT2D eigenvalue weighted by Gasteiger charge is -2.17. The monoisotopic (exact) mass is 331 g/mol. The molecule has 2 aromatic carbocycles. The fraction of sp³-hybridized carbons (Fsp3) is 0.333. The number of nitrogens with one attached hydrogen (secondary N) is 1. The molecular weight excluding hydrogens is 310 g/mol. The van der Waals surface area contributed by atoms with Gasteiger partial charge < -0.3 is 5.32 Å². The largest absolute Gasteiger partial charge is 0.383 e. The van der Waals surface area contributed by atoms with Crippen LogP contribution in [0.2, 0.25) is 0 Å². The Morgan fingerprint density at radius 2 is 1.65 bits per heavy atom. The molecule has 0 aliphatic heterocycles. The second-order valence-corrected chi connectivity index (χ2v) is 6.29. The molecule has 0 saturated heterocycles. The van der Waals surface area contributed by atoms with Crippen LogP contribution in [0, 0.1) is 13.8 Å². The number of aryl methyl sites for hydroxylation is 3. The first-order chi connectivity index (χ1) is 9.56. The Hall–Kier alpha value is -1.28. The SMILES string of the molecule is Cc1cc(NC(C)CCc2ccccc2)cc(C)c1Br. The Bertz CT molecular complexity index is 540. The van der Waals surface area contributed by atoms with E-state index >= 15 is 0 Å². The highest BCUT2D eigenvalue weighted by Crippen LogP contribution is 2.25. The molecule has 1 unspecified atom stereocenters. The molecule has 1 nitrogen and oxygen atoms in total. The van der Waals surface area contributed by atoms with Crippen LogP contribution < -0.4 is 5.32 Å². The van der Waals surface area contributed by atoms with Gasteiger partial charge in [0, 0.05) is 16.2 Å².